The van der Waals surface area contributed by atoms with Gasteiger partial charge in [0.25, 0.3) is 0 Å². The van der Waals surface area contributed by atoms with Gasteiger partial charge in [0.1, 0.15) is 11.6 Å². The van der Waals surface area contributed by atoms with Gasteiger partial charge in [0.2, 0.25) is 0 Å². The second-order valence-corrected chi connectivity index (χ2v) is 12.1. The number of rotatable bonds is 5. The third kappa shape index (κ3) is 4.95. The van der Waals surface area contributed by atoms with Gasteiger partial charge < -0.3 is 5.11 Å². The Balaban J connectivity index is 1.41. The fraction of sp³-hybridized carbons (Fsp3) is 0.100. The molecule has 7 rings (SSSR count). The molecule has 0 saturated carbocycles. The third-order valence-electron chi connectivity index (χ3n) is 8.12. The third-order valence-corrected chi connectivity index (χ3v) is 8.12. The summed E-state index contributed by atoms with van der Waals surface area (Å²) in [6.07, 6.45) is 1.87. The fourth-order valence-electron chi connectivity index (χ4n) is 5.93. The molecule has 0 unspecified atom stereocenters. The second kappa shape index (κ2) is 11.0. The maximum absolute atomic E-state index is 11.6. The van der Waals surface area contributed by atoms with E-state index in [0.29, 0.717) is 11.4 Å². The van der Waals surface area contributed by atoms with Gasteiger partial charge in [0, 0.05) is 23.0 Å². The van der Waals surface area contributed by atoms with Crippen LogP contribution in [-0.2, 0) is 5.41 Å². The summed E-state index contributed by atoms with van der Waals surface area (Å²) in [5.41, 5.74) is 10.5. The van der Waals surface area contributed by atoms with Gasteiger partial charge in [-0.05, 0) is 70.1 Å². The zero-order valence-electron chi connectivity index (χ0n) is 25.1. The molecule has 0 aliphatic rings. The Hall–Kier alpha value is -5.48. The van der Waals surface area contributed by atoms with Crippen LogP contribution < -0.4 is 0 Å². The number of imidazole rings is 1. The molecule has 0 amide bonds. The molecule has 0 fully saturated rings. The molecule has 7 aromatic rings. The van der Waals surface area contributed by atoms with Crippen molar-refractivity contribution >= 4 is 11.0 Å². The van der Waals surface area contributed by atoms with Gasteiger partial charge in [-0.15, -0.1) is 0 Å². The molecule has 5 aromatic carbocycles. The van der Waals surface area contributed by atoms with E-state index in [-0.39, 0.29) is 11.2 Å². The first-order valence-electron chi connectivity index (χ1n) is 14.9. The van der Waals surface area contributed by atoms with E-state index in [0.717, 1.165) is 55.8 Å². The molecule has 0 saturated heterocycles. The Labute approximate surface area is 258 Å². The van der Waals surface area contributed by atoms with Gasteiger partial charge in [0.15, 0.2) is 0 Å². The van der Waals surface area contributed by atoms with Crippen molar-refractivity contribution < 1.29 is 5.11 Å². The van der Waals surface area contributed by atoms with Crippen LogP contribution in [0.5, 0.6) is 5.75 Å². The summed E-state index contributed by atoms with van der Waals surface area (Å²) in [6, 6.07) is 45.5. The Morgan fingerprint density at radius 1 is 0.591 bits per heavy atom. The fourth-order valence-corrected chi connectivity index (χ4v) is 5.93. The number of fused-ring (bicyclic) bond motifs is 1. The van der Waals surface area contributed by atoms with E-state index < -0.39 is 0 Å². The minimum atomic E-state index is -0.221. The van der Waals surface area contributed by atoms with Crippen LogP contribution in [0.25, 0.3) is 61.6 Å². The van der Waals surface area contributed by atoms with Crippen LogP contribution >= 0.6 is 0 Å². The first-order valence-corrected chi connectivity index (χ1v) is 14.9. The monoisotopic (exact) mass is 571 g/mol. The minimum Gasteiger partial charge on any atom is -0.507 e. The van der Waals surface area contributed by atoms with E-state index in [1.54, 1.807) is 0 Å². The molecule has 0 aliphatic heterocycles. The smallest absolute Gasteiger partial charge is 0.149 e. The molecule has 0 bridgehead atoms. The van der Waals surface area contributed by atoms with Gasteiger partial charge in [-0.3, -0.25) is 9.55 Å². The summed E-state index contributed by atoms with van der Waals surface area (Å²) in [4.78, 5) is 9.98. The van der Waals surface area contributed by atoms with Crippen LogP contribution in [0, 0.1) is 0 Å². The molecule has 1 N–H and O–H groups in total. The first-order chi connectivity index (χ1) is 21.4. The largest absolute Gasteiger partial charge is 0.507 e. The highest BCUT2D eigenvalue weighted by molar-refractivity contribution is 5.96. The van der Waals surface area contributed by atoms with Crippen molar-refractivity contribution in [3.05, 3.63) is 145 Å². The molecule has 0 radical (unpaired) electrons. The molecule has 44 heavy (non-hydrogen) atoms. The highest BCUT2D eigenvalue weighted by Crippen LogP contribution is 2.41. The maximum Gasteiger partial charge on any atom is 0.149 e. The molecule has 0 spiro atoms. The Kier molecular flexibility index (Phi) is 6.83. The Bertz CT molecular complexity index is 2110. The van der Waals surface area contributed by atoms with E-state index in [1.165, 1.54) is 0 Å². The van der Waals surface area contributed by atoms with E-state index in [9.17, 15) is 5.11 Å². The lowest BCUT2D eigenvalue weighted by Gasteiger charge is -2.22. The zero-order chi connectivity index (χ0) is 30.3. The van der Waals surface area contributed by atoms with Crippen molar-refractivity contribution in [3.63, 3.8) is 0 Å². The van der Waals surface area contributed by atoms with Crippen LogP contribution in [0.3, 0.4) is 0 Å². The number of nitrogens with zero attached hydrogens (tertiary/aromatic N) is 3. The van der Waals surface area contributed by atoms with Crippen LogP contribution in [0.15, 0.2) is 140 Å². The first kappa shape index (κ1) is 27.4. The highest BCUT2D eigenvalue weighted by Gasteiger charge is 2.24. The number of pyridine rings is 1. The predicted molar refractivity (Wildman–Crippen MR) is 181 cm³/mol. The van der Waals surface area contributed by atoms with Crippen LogP contribution in [0.4, 0.5) is 0 Å². The lowest BCUT2D eigenvalue weighted by molar-refractivity contribution is 0.448. The predicted octanol–water partition coefficient (Wildman–Crippen LogP) is 10.1. The van der Waals surface area contributed by atoms with Gasteiger partial charge in [-0.25, -0.2) is 4.98 Å². The number of aromatic hydroxyl groups is 1. The number of phenols is 1. The molecule has 2 aromatic heterocycles. The molecule has 4 nitrogen and oxygen atoms in total. The topological polar surface area (TPSA) is 50.9 Å². The van der Waals surface area contributed by atoms with Crippen molar-refractivity contribution in [1.82, 2.24) is 14.5 Å². The minimum absolute atomic E-state index is 0.221. The van der Waals surface area contributed by atoms with E-state index >= 15 is 0 Å². The quantitative estimate of drug-likeness (QED) is 0.224. The number of phenolic OH excluding ortho intramolecular Hbond substituents is 1. The molecule has 0 aliphatic carbocycles. The van der Waals surface area contributed by atoms with E-state index in [2.05, 4.69) is 110 Å². The van der Waals surface area contributed by atoms with Crippen molar-refractivity contribution in [1.29, 1.82) is 0 Å². The molecular formula is C40H33N3O. The molecule has 214 valence electrons. The van der Waals surface area contributed by atoms with Crippen molar-refractivity contribution in [2.75, 3.05) is 0 Å². The average molecular weight is 572 g/mol. The zero-order valence-corrected chi connectivity index (χ0v) is 25.1. The van der Waals surface area contributed by atoms with Gasteiger partial charge >= 0.3 is 0 Å². The van der Waals surface area contributed by atoms with Crippen molar-refractivity contribution in [2.24, 2.45) is 0 Å². The van der Waals surface area contributed by atoms with Crippen molar-refractivity contribution in [3.8, 4) is 56.3 Å². The van der Waals surface area contributed by atoms with Crippen molar-refractivity contribution in [2.45, 2.75) is 26.2 Å². The number of hydrogen-bond donors (Lipinski definition) is 1. The van der Waals surface area contributed by atoms with Gasteiger partial charge in [-0.2, -0.15) is 0 Å². The Morgan fingerprint density at radius 2 is 1.25 bits per heavy atom. The molecule has 0 atom stereocenters. The number of hydrogen-bond acceptors (Lipinski definition) is 3. The maximum atomic E-state index is 11.6. The SMILES string of the molecule is CC(C)(C)c1cccc(-c2nc3c(-c4cccc(-c5cc(-c6ccccc6)ccn5)c4)cccc3n2-c2ccccc2)c1O. The van der Waals surface area contributed by atoms with Gasteiger partial charge in [-0.1, -0.05) is 112 Å². The molecule has 2 heterocycles. The van der Waals surface area contributed by atoms with Crippen LogP contribution in [0.1, 0.15) is 26.3 Å². The molecule has 4 heteroatoms. The van der Waals surface area contributed by atoms with Crippen LogP contribution in [0.2, 0.25) is 0 Å². The van der Waals surface area contributed by atoms with Crippen LogP contribution in [-0.4, -0.2) is 19.6 Å². The number of benzene rings is 5. The lowest BCUT2D eigenvalue weighted by atomic mass is 9.85. The second-order valence-electron chi connectivity index (χ2n) is 12.1. The standard InChI is InChI=1S/C40H33N3O/c1-40(2,3)34-21-11-20-33(38(34)44)39-42-37-32(19-12-22-36(37)43(39)31-17-8-5-9-18-31)29-15-10-16-30(25-29)35-26-28(23-24-41-35)27-13-6-4-7-14-27/h4-26,44H,1-3H3. The summed E-state index contributed by atoms with van der Waals surface area (Å²) in [5.74, 6) is 0.969. The van der Waals surface area contributed by atoms with E-state index in [4.69, 9.17) is 9.97 Å². The summed E-state index contributed by atoms with van der Waals surface area (Å²) >= 11 is 0. The normalized spacial score (nSPS) is 11.6. The van der Waals surface area contributed by atoms with Gasteiger partial charge in [0.05, 0.1) is 22.3 Å². The summed E-state index contributed by atoms with van der Waals surface area (Å²) < 4.78 is 2.15. The number of aromatic nitrogens is 3. The lowest BCUT2D eigenvalue weighted by Crippen LogP contribution is -2.11. The molecular weight excluding hydrogens is 538 g/mol. The highest BCUT2D eigenvalue weighted by atomic mass is 16.3. The summed E-state index contributed by atoms with van der Waals surface area (Å²) in [6.45, 7) is 6.34. The van der Waals surface area contributed by atoms with E-state index in [1.807, 2.05) is 54.7 Å². The summed E-state index contributed by atoms with van der Waals surface area (Å²) in [5, 5.41) is 11.6. The Morgan fingerprint density at radius 3 is 2.02 bits per heavy atom. The number of para-hydroxylation sites is 3. The summed E-state index contributed by atoms with van der Waals surface area (Å²) in [7, 11) is 0. The average Bonchev–Trinajstić information content (AvgIpc) is 3.45.